The first kappa shape index (κ1) is 20.1. The van der Waals surface area contributed by atoms with Crippen molar-refractivity contribution in [2.45, 2.75) is 31.7 Å². The molecule has 4 nitrogen and oxygen atoms in total. The van der Waals surface area contributed by atoms with Crippen molar-refractivity contribution in [1.29, 1.82) is 0 Å². The number of anilines is 1. The molecule has 26 heavy (non-hydrogen) atoms. The van der Waals surface area contributed by atoms with E-state index in [0.717, 1.165) is 37.5 Å². The fourth-order valence-corrected chi connectivity index (χ4v) is 3.07. The number of halogens is 3. The summed E-state index contributed by atoms with van der Waals surface area (Å²) >= 11 is 0. The Bertz CT molecular complexity index is 753. The van der Waals surface area contributed by atoms with Crippen LogP contribution in [-0.4, -0.2) is 11.9 Å². The molecule has 1 saturated carbocycles. The number of rotatable bonds is 4. The van der Waals surface area contributed by atoms with Gasteiger partial charge in [-0.2, -0.15) is 0 Å². The maximum atomic E-state index is 13.3. The lowest BCUT2D eigenvalue weighted by molar-refractivity contribution is -0.120. The molecule has 3 N–H and O–H groups in total. The number of benzene rings is 2. The van der Waals surface area contributed by atoms with Gasteiger partial charge in [0.05, 0.1) is 5.69 Å². The highest BCUT2D eigenvalue weighted by Gasteiger charge is 2.25. The van der Waals surface area contributed by atoms with Gasteiger partial charge in [-0.25, -0.2) is 8.78 Å². The summed E-state index contributed by atoms with van der Waals surface area (Å²) in [6.45, 7) is 0. The zero-order valence-corrected chi connectivity index (χ0v) is 14.9. The van der Waals surface area contributed by atoms with Crippen molar-refractivity contribution in [3.8, 4) is 11.5 Å². The topological polar surface area (TPSA) is 64.4 Å². The zero-order chi connectivity index (χ0) is 17.8. The van der Waals surface area contributed by atoms with Crippen LogP contribution in [0.3, 0.4) is 0 Å². The van der Waals surface area contributed by atoms with Gasteiger partial charge in [-0.1, -0.05) is 18.6 Å². The second-order valence-electron chi connectivity index (χ2n) is 6.32. The monoisotopic (exact) mass is 382 g/mol. The van der Waals surface area contributed by atoms with Gasteiger partial charge >= 0.3 is 0 Å². The molecule has 2 unspecified atom stereocenters. The summed E-state index contributed by atoms with van der Waals surface area (Å²) in [5, 5.41) is 2.84. The summed E-state index contributed by atoms with van der Waals surface area (Å²) < 4.78 is 32.2. The molecule has 0 aliphatic heterocycles. The van der Waals surface area contributed by atoms with E-state index in [1.807, 2.05) is 0 Å². The molecule has 2 aromatic carbocycles. The second-order valence-corrected chi connectivity index (χ2v) is 6.32. The number of para-hydroxylation sites is 2. The summed E-state index contributed by atoms with van der Waals surface area (Å²) in [5.74, 6) is -1.36. The van der Waals surface area contributed by atoms with Crippen LogP contribution in [0.25, 0.3) is 0 Å². The number of carbonyl (C=O) groups is 1. The minimum absolute atomic E-state index is 0. The highest BCUT2D eigenvalue weighted by molar-refractivity contribution is 5.94. The van der Waals surface area contributed by atoms with E-state index in [1.165, 1.54) is 0 Å². The first-order valence-electron chi connectivity index (χ1n) is 8.30. The van der Waals surface area contributed by atoms with Crippen LogP contribution in [0.1, 0.15) is 25.7 Å². The average Bonchev–Trinajstić information content (AvgIpc) is 2.55. The van der Waals surface area contributed by atoms with Gasteiger partial charge in [0, 0.05) is 30.2 Å². The Morgan fingerprint density at radius 3 is 2.50 bits per heavy atom. The van der Waals surface area contributed by atoms with E-state index in [4.69, 9.17) is 10.5 Å². The maximum Gasteiger partial charge on any atom is 0.227 e. The van der Waals surface area contributed by atoms with Gasteiger partial charge in [-0.3, -0.25) is 4.79 Å². The minimum atomic E-state index is -0.729. The number of carbonyl (C=O) groups excluding carboxylic acids is 1. The zero-order valence-electron chi connectivity index (χ0n) is 14.1. The normalized spacial score (nSPS) is 19.3. The van der Waals surface area contributed by atoms with Crippen LogP contribution in [0.4, 0.5) is 14.5 Å². The Balaban J connectivity index is 0.00000243. The fraction of sp³-hybridized carbons (Fsp3) is 0.316. The van der Waals surface area contributed by atoms with E-state index in [1.54, 1.807) is 24.3 Å². The smallest absolute Gasteiger partial charge is 0.227 e. The van der Waals surface area contributed by atoms with Gasteiger partial charge in [0.15, 0.2) is 5.75 Å². The Morgan fingerprint density at radius 2 is 1.81 bits per heavy atom. The molecular weight excluding hydrogens is 362 g/mol. The van der Waals surface area contributed by atoms with Gasteiger partial charge in [0.1, 0.15) is 17.4 Å². The van der Waals surface area contributed by atoms with Crippen molar-refractivity contribution < 1.29 is 18.3 Å². The van der Waals surface area contributed by atoms with Gasteiger partial charge in [-0.05, 0) is 31.4 Å². The van der Waals surface area contributed by atoms with Crippen molar-refractivity contribution in [1.82, 2.24) is 0 Å². The van der Waals surface area contributed by atoms with E-state index >= 15 is 0 Å². The third-order valence-corrected chi connectivity index (χ3v) is 4.29. The summed E-state index contributed by atoms with van der Waals surface area (Å²) in [4.78, 5) is 12.5. The number of nitrogens with one attached hydrogen (secondary N) is 1. The van der Waals surface area contributed by atoms with Gasteiger partial charge in [-0.15, -0.1) is 12.4 Å². The molecule has 0 bridgehead atoms. The second kappa shape index (κ2) is 8.96. The molecule has 140 valence electrons. The van der Waals surface area contributed by atoms with Crippen LogP contribution in [0, 0.1) is 17.6 Å². The number of nitrogens with two attached hydrogens (primary N) is 1. The first-order chi connectivity index (χ1) is 12.0. The van der Waals surface area contributed by atoms with Crippen molar-refractivity contribution in [2.75, 3.05) is 5.32 Å². The van der Waals surface area contributed by atoms with Crippen LogP contribution in [0.2, 0.25) is 0 Å². The van der Waals surface area contributed by atoms with Crippen LogP contribution in [-0.2, 0) is 4.79 Å². The predicted octanol–water partition coefficient (Wildman–Crippen LogP) is 4.63. The molecule has 1 fully saturated rings. The lowest BCUT2D eigenvalue weighted by Gasteiger charge is -2.26. The lowest BCUT2D eigenvalue weighted by Crippen LogP contribution is -2.34. The molecule has 0 radical (unpaired) electrons. The molecule has 1 aliphatic rings. The predicted molar refractivity (Wildman–Crippen MR) is 98.7 cm³/mol. The molecule has 0 spiro atoms. The third kappa shape index (κ3) is 5.16. The molecule has 0 heterocycles. The van der Waals surface area contributed by atoms with Gasteiger partial charge < -0.3 is 15.8 Å². The summed E-state index contributed by atoms with van der Waals surface area (Å²) in [6, 6.07) is 9.78. The molecule has 0 aromatic heterocycles. The van der Waals surface area contributed by atoms with Gasteiger partial charge in [0.25, 0.3) is 0 Å². The average molecular weight is 383 g/mol. The Kier molecular flexibility index (Phi) is 6.94. The molecular formula is C19H21ClF2N2O2. The Morgan fingerprint density at radius 1 is 1.12 bits per heavy atom. The molecule has 0 saturated heterocycles. The van der Waals surface area contributed by atoms with Crippen LogP contribution in [0.5, 0.6) is 11.5 Å². The third-order valence-electron chi connectivity index (χ3n) is 4.29. The Labute approximate surface area is 157 Å². The molecule has 1 aliphatic carbocycles. The van der Waals surface area contributed by atoms with E-state index in [2.05, 4.69) is 5.32 Å². The van der Waals surface area contributed by atoms with E-state index < -0.39 is 11.6 Å². The number of hydrogen-bond acceptors (Lipinski definition) is 3. The highest BCUT2D eigenvalue weighted by atomic mass is 35.5. The van der Waals surface area contributed by atoms with Crippen LogP contribution < -0.4 is 15.8 Å². The van der Waals surface area contributed by atoms with E-state index in [-0.39, 0.29) is 36.0 Å². The summed E-state index contributed by atoms with van der Waals surface area (Å²) in [7, 11) is 0. The quantitative estimate of drug-likeness (QED) is 0.809. The molecule has 1 amide bonds. The highest BCUT2D eigenvalue weighted by Crippen LogP contribution is 2.31. The first-order valence-corrected chi connectivity index (χ1v) is 8.30. The van der Waals surface area contributed by atoms with Crippen molar-refractivity contribution in [3.63, 3.8) is 0 Å². The SMILES string of the molecule is Cl.NC1CCCC(C(=O)Nc2ccccc2Oc2cc(F)cc(F)c2)C1. The molecule has 2 aromatic rings. The van der Waals surface area contributed by atoms with Gasteiger partial charge in [0.2, 0.25) is 5.91 Å². The van der Waals surface area contributed by atoms with Crippen LogP contribution >= 0.6 is 12.4 Å². The number of ether oxygens (including phenoxy) is 1. The van der Waals surface area contributed by atoms with E-state index in [9.17, 15) is 13.6 Å². The van der Waals surface area contributed by atoms with Crippen molar-refractivity contribution in [3.05, 3.63) is 54.1 Å². The maximum absolute atomic E-state index is 13.3. The standard InChI is InChI=1S/C19H20F2N2O2.ClH/c20-13-9-14(21)11-16(10-13)25-18-7-2-1-6-17(18)23-19(24)12-4-3-5-15(22)8-12;/h1-2,6-7,9-12,15H,3-5,8,22H2,(H,23,24);1H. The largest absolute Gasteiger partial charge is 0.455 e. The van der Waals surface area contributed by atoms with E-state index in [0.29, 0.717) is 17.9 Å². The molecule has 7 heteroatoms. The lowest BCUT2D eigenvalue weighted by atomic mass is 9.85. The summed E-state index contributed by atoms with van der Waals surface area (Å²) in [5.41, 5.74) is 6.40. The fourth-order valence-electron chi connectivity index (χ4n) is 3.07. The molecule has 3 rings (SSSR count). The number of amides is 1. The minimum Gasteiger partial charge on any atom is -0.455 e. The van der Waals surface area contributed by atoms with Crippen LogP contribution in [0.15, 0.2) is 42.5 Å². The number of hydrogen-bond donors (Lipinski definition) is 2. The van der Waals surface area contributed by atoms with Crippen molar-refractivity contribution >= 4 is 24.0 Å². The summed E-state index contributed by atoms with van der Waals surface area (Å²) in [6.07, 6.45) is 3.33. The Hall–Kier alpha value is -2.18. The van der Waals surface area contributed by atoms with Crippen molar-refractivity contribution in [2.24, 2.45) is 11.7 Å². The molecule has 2 atom stereocenters.